The number of amides is 2. The monoisotopic (exact) mass is 314 g/mol. The Morgan fingerprint density at radius 3 is 2.74 bits per heavy atom. The SMILES string of the molecule is C#CCNC(=O)c1ccc(NC2CC(=O)N(C(C)(C)C)C2)nc1. The minimum Gasteiger partial charge on any atom is -0.365 e. The van der Waals surface area contributed by atoms with Crippen molar-refractivity contribution in [3.8, 4) is 12.3 Å². The van der Waals surface area contributed by atoms with E-state index in [0.29, 0.717) is 24.3 Å². The van der Waals surface area contributed by atoms with Gasteiger partial charge in [-0.1, -0.05) is 5.92 Å². The zero-order chi connectivity index (χ0) is 17.0. The predicted octanol–water partition coefficient (Wildman–Crippen LogP) is 1.26. The largest absolute Gasteiger partial charge is 0.365 e. The van der Waals surface area contributed by atoms with Crippen molar-refractivity contribution in [2.24, 2.45) is 0 Å². The quantitative estimate of drug-likeness (QED) is 0.821. The molecule has 23 heavy (non-hydrogen) atoms. The minimum atomic E-state index is -0.253. The Balaban J connectivity index is 1.96. The Kier molecular flexibility index (Phi) is 4.89. The standard InChI is InChI=1S/C17H22N4O2/c1-5-8-18-16(23)12-6-7-14(19-10-12)20-13-9-15(22)21(11-13)17(2,3)4/h1,6-7,10,13H,8-9,11H2,2-4H3,(H,18,23)(H,19,20). The molecule has 0 aromatic carbocycles. The van der Waals surface area contributed by atoms with E-state index in [1.807, 2.05) is 25.7 Å². The summed E-state index contributed by atoms with van der Waals surface area (Å²) in [4.78, 5) is 29.9. The Labute approximate surface area is 136 Å². The Hall–Kier alpha value is -2.55. The summed E-state index contributed by atoms with van der Waals surface area (Å²) in [6.45, 7) is 6.90. The highest BCUT2D eigenvalue weighted by Gasteiger charge is 2.36. The zero-order valence-electron chi connectivity index (χ0n) is 13.7. The van der Waals surface area contributed by atoms with Gasteiger partial charge in [-0.15, -0.1) is 6.42 Å². The molecule has 1 atom stereocenters. The summed E-state index contributed by atoms with van der Waals surface area (Å²) < 4.78 is 0. The second-order valence-corrected chi connectivity index (χ2v) is 6.54. The highest BCUT2D eigenvalue weighted by molar-refractivity contribution is 5.94. The van der Waals surface area contributed by atoms with Crippen LogP contribution in [0.25, 0.3) is 0 Å². The van der Waals surface area contributed by atoms with E-state index in [1.54, 1.807) is 12.1 Å². The second kappa shape index (κ2) is 6.69. The lowest BCUT2D eigenvalue weighted by atomic mass is 10.1. The second-order valence-electron chi connectivity index (χ2n) is 6.54. The molecule has 0 bridgehead atoms. The fourth-order valence-electron chi connectivity index (χ4n) is 2.51. The summed E-state index contributed by atoms with van der Waals surface area (Å²) in [5.74, 6) is 2.88. The van der Waals surface area contributed by atoms with Gasteiger partial charge < -0.3 is 15.5 Å². The average molecular weight is 314 g/mol. The van der Waals surface area contributed by atoms with E-state index >= 15 is 0 Å². The van der Waals surface area contributed by atoms with Crippen LogP contribution in [-0.2, 0) is 4.79 Å². The van der Waals surface area contributed by atoms with Crippen LogP contribution in [0.4, 0.5) is 5.82 Å². The van der Waals surface area contributed by atoms with Crippen molar-refractivity contribution in [1.82, 2.24) is 15.2 Å². The average Bonchev–Trinajstić information content (AvgIpc) is 2.86. The number of likely N-dealkylation sites (tertiary alicyclic amines) is 1. The number of rotatable bonds is 4. The number of anilines is 1. The molecular formula is C17H22N4O2. The third-order valence-corrected chi connectivity index (χ3v) is 3.66. The topological polar surface area (TPSA) is 74.3 Å². The highest BCUT2D eigenvalue weighted by Crippen LogP contribution is 2.23. The summed E-state index contributed by atoms with van der Waals surface area (Å²) in [5.41, 5.74) is 0.268. The number of nitrogens with zero attached hydrogens (tertiary/aromatic N) is 2. The van der Waals surface area contributed by atoms with Gasteiger partial charge in [-0.05, 0) is 32.9 Å². The number of terminal acetylenes is 1. The molecule has 1 aliphatic heterocycles. The minimum absolute atomic E-state index is 0.0235. The van der Waals surface area contributed by atoms with Crippen LogP contribution >= 0.6 is 0 Å². The van der Waals surface area contributed by atoms with Crippen LogP contribution in [0.1, 0.15) is 37.6 Å². The lowest BCUT2D eigenvalue weighted by molar-refractivity contribution is -0.131. The molecule has 1 saturated heterocycles. The predicted molar refractivity (Wildman–Crippen MR) is 88.9 cm³/mol. The third-order valence-electron chi connectivity index (χ3n) is 3.66. The first-order valence-corrected chi connectivity index (χ1v) is 7.56. The molecule has 1 unspecified atom stereocenters. The number of pyridine rings is 1. The summed E-state index contributed by atoms with van der Waals surface area (Å²) in [7, 11) is 0. The van der Waals surface area contributed by atoms with Gasteiger partial charge in [-0.25, -0.2) is 4.98 Å². The molecule has 1 fully saturated rings. The maximum atomic E-state index is 12.1. The molecule has 0 aliphatic carbocycles. The molecular weight excluding hydrogens is 292 g/mol. The van der Waals surface area contributed by atoms with E-state index in [2.05, 4.69) is 21.5 Å². The maximum absolute atomic E-state index is 12.1. The van der Waals surface area contributed by atoms with Crippen molar-refractivity contribution in [2.45, 2.75) is 38.8 Å². The number of nitrogens with one attached hydrogen (secondary N) is 2. The summed E-state index contributed by atoms with van der Waals surface area (Å²) in [6, 6.07) is 3.43. The van der Waals surface area contributed by atoms with E-state index in [1.165, 1.54) is 6.20 Å². The van der Waals surface area contributed by atoms with Gasteiger partial charge in [-0.3, -0.25) is 9.59 Å². The molecule has 122 valence electrons. The summed E-state index contributed by atoms with van der Waals surface area (Å²) in [6.07, 6.45) is 7.04. The number of aromatic nitrogens is 1. The van der Waals surface area contributed by atoms with Crippen LogP contribution in [0, 0.1) is 12.3 Å². The van der Waals surface area contributed by atoms with Crippen molar-refractivity contribution in [3.05, 3.63) is 23.9 Å². The molecule has 2 rings (SSSR count). The molecule has 6 nitrogen and oxygen atoms in total. The van der Waals surface area contributed by atoms with Crippen LogP contribution in [0.15, 0.2) is 18.3 Å². The number of carbonyl (C=O) groups is 2. The van der Waals surface area contributed by atoms with Crippen LogP contribution < -0.4 is 10.6 Å². The molecule has 1 aromatic heterocycles. The van der Waals surface area contributed by atoms with Crippen molar-refractivity contribution < 1.29 is 9.59 Å². The van der Waals surface area contributed by atoms with Crippen LogP contribution in [0.3, 0.4) is 0 Å². The van der Waals surface area contributed by atoms with E-state index in [0.717, 1.165) is 0 Å². The fourth-order valence-corrected chi connectivity index (χ4v) is 2.51. The van der Waals surface area contributed by atoms with Crippen molar-refractivity contribution >= 4 is 17.6 Å². The first-order chi connectivity index (χ1) is 10.8. The smallest absolute Gasteiger partial charge is 0.253 e. The first kappa shape index (κ1) is 16.8. The van der Waals surface area contributed by atoms with Crippen LogP contribution in [0.2, 0.25) is 0 Å². The van der Waals surface area contributed by atoms with Gasteiger partial charge in [-0.2, -0.15) is 0 Å². The zero-order valence-corrected chi connectivity index (χ0v) is 13.7. The van der Waals surface area contributed by atoms with Gasteiger partial charge in [0.05, 0.1) is 18.2 Å². The van der Waals surface area contributed by atoms with E-state index in [-0.39, 0.29) is 29.9 Å². The molecule has 2 N–H and O–H groups in total. The lowest BCUT2D eigenvalue weighted by Crippen LogP contribution is -2.43. The van der Waals surface area contributed by atoms with Crippen molar-refractivity contribution in [1.29, 1.82) is 0 Å². The van der Waals surface area contributed by atoms with Gasteiger partial charge in [0.25, 0.3) is 5.91 Å². The molecule has 0 radical (unpaired) electrons. The van der Waals surface area contributed by atoms with Crippen LogP contribution in [-0.4, -0.2) is 46.4 Å². The number of hydrogen-bond donors (Lipinski definition) is 2. The van der Waals surface area contributed by atoms with Crippen molar-refractivity contribution in [3.63, 3.8) is 0 Å². The first-order valence-electron chi connectivity index (χ1n) is 7.56. The molecule has 0 saturated carbocycles. The molecule has 1 aromatic rings. The maximum Gasteiger partial charge on any atom is 0.253 e. The van der Waals surface area contributed by atoms with Gasteiger partial charge in [0.15, 0.2) is 0 Å². The van der Waals surface area contributed by atoms with E-state index < -0.39 is 0 Å². The Morgan fingerprint density at radius 1 is 1.48 bits per heavy atom. The number of carbonyl (C=O) groups excluding carboxylic acids is 2. The van der Waals surface area contributed by atoms with Gasteiger partial charge in [0, 0.05) is 24.7 Å². The molecule has 1 aliphatic rings. The van der Waals surface area contributed by atoms with Crippen molar-refractivity contribution in [2.75, 3.05) is 18.4 Å². The van der Waals surface area contributed by atoms with Gasteiger partial charge >= 0.3 is 0 Å². The van der Waals surface area contributed by atoms with Crippen LogP contribution in [0.5, 0.6) is 0 Å². The molecule has 2 heterocycles. The fraction of sp³-hybridized carbons (Fsp3) is 0.471. The lowest BCUT2D eigenvalue weighted by Gasteiger charge is -2.32. The summed E-state index contributed by atoms with van der Waals surface area (Å²) in [5, 5.41) is 5.83. The van der Waals surface area contributed by atoms with Gasteiger partial charge in [0.2, 0.25) is 5.91 Å². The Bertz CT molecular complexity index is 625. The van der Waals surface area contributed by atoms with E-state index in [4.69, 9.17) is 6.42 Å². The molecule has 2 amide bonds. The molecule has 6 heteroatoms. The Morgan fingerprint density at radius 2 is 2.22 bits per heavy atom. The number of hydrogen-bond acceptors (Lipinski definition) is 4. The third kappa shape index (κ3) is 4.22. The van der Waals surface area contributed by atoms with Gasteiger partial charge in [0.1, 0.15) is 5.82 Å². The normalized spacial score (nSPS) is 17.7. The van der Waals surface area contributed by atoms with E-state index in [9.17, 15) is 9.59 Å². The highest BCUT2D eigenvalue weighted by atomic mass is 16.2. The molecule has 0 spiro atoms. The summed E-state index contributed by atoms with van der Waals surface area (Å²) >= 11 is 0.